The first-order valence-corrected chi connectivity index (χ1v) is 9.03. The Bertz CT molecular complexity index is 423. The minimum absolute atomic E-state index is 0.0709. The number of amides is 2. The highest BCUT2D eigenvalue weighted by Gasteiger charge is 2.33. The minimum atomic E-state index is -0.158. The highest BCUT2D eigenvalue weighted by atomic mass is 16.7. The Morgan fingerprint density at radius 2 is 1.83 bits per heavy atom. The molecule has 0 aromatic heterocycles. The quantitative estimate of drug-likeness (QED) is 0.787. The maximum Gasteiger partial charge on any atom is 0.242 e. The van der Waals surface area contributed by atoms with Crippen LogP contribution in [0.2, 0.25) is 0 Å². The molecule has 3 aliphatic rings. The second kappa shape index (κ2) is 8.11. The van der Waals surface area contributed by atoms with Gasteiger partial charge in [0.1, 0.15) is 0 Å². The number of ether oxygens (including phenoxy) is 2. The lowest BCUT2D eigenvalue weighted by atomic mass is 9.97. The number of piperidine rings is 1. The summed E-state index contributed by atoms with van der Waals surface area (Å²) in [5.74, 6) is 0.467. The largest absolute Gasteiger partial charge is 0.350 e. The lowest BCUT2D eigenvalue weighted by molar-refractivity contribution is -0.145. The van der Waals surface area contributed by atoms with Crippen LogP contribution in [0, 0.1) is 5.92 Å². The number of nitrogens with zero attached hydrogens (tertiary/aromatic N) is 2. The van der Waals surface area contributed by atoms with E-state index in [2.05, 4.69) is 0 Å². The van der Waals surface area contributed by atoms with Crippen LogP contribution in [0.4, 0.5) is 0 Å². The van der Waals surface area contributed by atoms with Gasteiger partial charge in [0.05, 0.1) is 19.8 Å². The molecule has 3 aliphatic heterocycles. The van der Waals surface area contributed by atoms with Crippen molar-refractivity contribution >= 4 is 11.8 Å². The smallest absolute Gasteiger partial charge is 0.242 e. The van der Waals surface area contributed by atoms with Crippen LogP contribution < -0.4 is 0 Å². The van der Waals surface area contributed by atoms with Crippen LogP contribution in [0.1, 0.15) is 44.9 Å². The molecule has 3 saturated heterocycles. The van der Waals surface area contributed by atoms with Crippen LogP contribution in [-0.2, 0) is 19.1 Å². The fraction of sp³-hybridized carbons (Fsp3) is 0.882. The van der Waals surface area contributed by atoms with Crippen molar-refractivity contribution in [2.75, 3.05) is 39.4 Å². The molecule has 3 heterocycles. The molecule has 2 amide bonds. The Balaban J connectivity index is 1.52. The molecule has 3 fully saturated rings. The molecule has 23 heavy (non-hydrogen) atoms. The second-order valence-corrected chi connectivity index (χ2v) is 6.83. The summed E-state index contributed by atoms with van der Waals surface area (Å²) >= 11 is 0. The summed E-state index contributed by atoms with van der Waals surface area (Å²) in [7, 11) is 0. The van der Waals surface area contributed by atoms with Crippen LogP contribution in [0.15, 0.2) is 0 Å². The number of likely N-dealkylation sites (tertiary alicyclic amines) is 2. The summed E-state index contributed by atoms with van der Waals surface area (Å²) in [6, 6.07) is 0. The number of carbonyl (C=O) groups is 2. The summed E-state index contributed by atoms with van der Waals surface area (Å²) in [6.07, 6.45) is 6.68. The van der Waals surface area contributed by atoms with Crippen LogP contribution in [0.5, 0.6) is 0 Å². The zero-order valence-electron chi connectivity index (χ0n) is 13.9. The Labute approximate surface area is 138 Å². The third-order valence-electron chi connectivity index (χ3n) is 5.09. The summed E-state index contributed by atoms with van der Waals surface area (Å²) < 4.78 is 11.2. The van der Waals surface area contributed by atoms with Crippen molar-refractivity contribution in [2.45, 2.75) is 51.2 Å². The monoisotopic (exact) mass is 324 g/mol. The molecule has 1 unspecified atom stereocenters. The van der Waals surface area contributed by atoms with Gasteiger partial charge < -0.3 is 19.3 Å². The van der Waals surface area contributed by atoms with Crippen LogP contribution >= 0.6 is 0 Å². The van der Waals surface area contributed by atoms with E-state index in [1.807, 2.05) is 4.90 Å². The zero-order valence-corrected chi connectivity index (χ0v) is 13.9. The van der Waals surface area contributed by atoms with Crippen molar-refractivity contribution in [3.05, 3.63) is 0 Å². The van der Waals surface area contributed by atoms with E-state index in [-0.39, 0.29) is 30.6 Å². The zero-order chi connectivity index (χ0) is 16.1. The lowest BCUT2D eigenvalue weighted by Gasteiger charge is -2.36. The average Bonchev–Trinajstić information content (AvgIpc) is 3.09. The van der Waals surface area contributed by atoms with E-state index in [0.717, 1.165) is 51.6 Å². The van der Waals surface area contributed by atoms with E-state index >= 15 is 0 Å². The van der Waals surface area contributed by atoms with E-state index in [0.29, 0.717) is 26.2 Å². The van der Waals surface area contributed by atoms with Crippen molar-refractivity contribution in [1.29, 1.82) is 0 Å². The third kappa shape index (κ3) is 4.44. The number of hydrogen-bond donors (Lipinski definition) is 0. The van der Waals surface area contributed by atoms with Gasteiger partial charge in [-0.3, -0.25) is 9.59 Å². The molecule has 0 radical (unpaired) electrons. The molecule has 0 spiro atoms. The minimum Gasteiger partial charge on any atom is -0.350 e. The maximum absolute atomic E-state index is 12.6. The SMILES string of the molecule is O=C1CCCCCCN1CC(=O)N1CCCC(C2OCCO2)C1. The number of rotatable bonds is 3. The van der Waals surface area contributed by atoms with Crippen LogP contribution in [0.3, 0.4) is 0 Å². The van der Waals surface area contributed by atoms with Gasteiger partial charge in [-0.05, 0) is 25.7 Å². The summed E-state index contributed by atoms with van der Waals surface area (Å²) in [4.78, 5) is 28.4. The van der Waals surface area contributed by atoms with Crippen molar-refractivity contribution in [3.8, 4) is 0 Å². The van der Waals surface area contributed by atoms with Gasteiger partial charge in [0, 0.05) is 32.0 Å². The number of hydrogen-bond acceptors (Lipinski definition) is 4. The molecule has 1 atom stereocenters. The van der Waals surface area contributed by atoms with Crippen molar-refractivity contribution in [2.24, 2.45) is 5.92 Å². The molecule has 0 aliphatic carbocycles. The highest BCUT2D eigenvalue weighted by molar-refractivity contribution is 5.85. The van der Waals surface area contributed by atoms with E-state index in [1.165, 1.54) is 0 Å². The fourth-order valence-corrected chi connectivity index (χ4v) is 3.75. The van der Waals surface area contributed by atoms with Crippen molar-refractivity contribution < 1.29 is 19.1 Å². The van der Waals surface area contributed by atoms with Gasteiger partial charge in [-0.1, -0.05) is 12.8 Å². The van der Waals surface area contributed by atoms with Crippen LogP contribution in [0.25, 0.3) is 0 Å². The molecule has 0 bridgehead atoms. The predicted molar refractivity (Wildman–Crippen MR) is 84.7 cm³/mol. The van der Waals surface area contributed by atoms with Crippen molar-refractivity contribution in [1.82, 2.24) is 9.80 Å². The Morgan fingerprint density at radius 1 is 1.04 bits per heavy atom. The Kier molecular flexibility index (Phi) is 5.89. The molecular formula is C17H28N2O4. The first-order valence-electron chi connectivity index (χ1n) is 9.03. The van der Waals surface area contributed by atoms with E-state index in [4.69, 9.17) is 9.47 Å². The Morgan fingerprint density at radius 3 is 2.65 bits per heavy atom. The molecule has 130 valence electrons. The van der Waals surface area contributed by atoms with Crippen LogP contribution in [-0.4, -0.2) is 67.3 Å². The molecule has 0 aromatic carbocycles. The third-order valence-corrected chi connectivity index (χ3v) is 5.09. The molecule has 0 aromatic rings. The highest BCUT2D eigenvalue weighted by Crippen LogP contribution is 2.25. The van der Waals surface area contributed by atoms with E-state index in [9.17, 15) is 9.59 Å². The molecule has 0 N–H and O–H groups in total. The lowest BCUT2D eigenvalue weighted by Crippen LogP contribution is -2.48. The van der Waals surface area contributed by atoms with Crippen molar-refractivity contribution in [3.63, 3.8) is 0 Å². The van der Waals surface area contributed by atoms with Gasteiger partial charge in [-0.25, -0.2) is 0 Å². The van der Waals surface area contributed by atoms with Gasteiger partial charge in [0.15, 0.2) is 6.29 Å². The predicted octanol–water partition coefficient (Wildman–Crippen LogP) is 1.39. The van der Waals surface area contributed by atoms with E-state index in [1.54, 1.807) is 4.90 Å². The molecule has 6 heteroatoms. The van der Waals surface area contributed by atoms with E-state index < -0.39 is 0 Å². The first kappa shape index (κ1) is 16.7. The normalized spacial score (nSPS) is 27.8. The first-order chi connectivity index (χ1) is 11.2. The van der Waals surface area contributed by atoms with Gasteiger partial charge in [-0.15, -0.1) is 0 Å². The Hall–Kier alpha value is -1.14. The van der Waals surface area contributed by atoms with Gasteiger partial charge in [0.25, 0.3) is 0 Å². The molecule has 3 rings (SSSR count). The topological polar surface area (TPSA) is 59.1 Å². The number of carbonyl (C=O) groups excluding carboxylic acids is 2. The molecule has 0 saturated carbocycles. The summed E-state index contributed by atoms with van der Waals surface area (Å²) in [6.45, 7) is 3.72. The average molecular weight is 324 g/mol. The molecule has 6 nitrogen and oxygen atoms in total. The molecular weight excluding hydrogens is 296 g/mol. The fourth-order valence-electron chi connectivity index (χ4n) is 3.75. The second-order valence-electron chi connectivity index (χ2n) is 6.83. The van der Waals surface area contributed by atoms with Gasteiger partial charge in [0.2, 0.25) is 11.8 Å². The standard InChI is InChI=1S/C17H28N2O4/c20-15-7-3-1-2-4-8-19(15)13-16(21)18-9-5-6-14(12-18)17-22-10-11-23-17/h14,17H,1-13H2. The summed E-state index contributed by atoms with van der Waals surface area (Å²) in [5.41, 5.74) is 0. The maximum atomic E-state index is 12.6. The van der Waals surface area contributed by atoms with Gasteiger partial charge >= 0.3 is 0 Å². The van der Waals surface area contributed by atoms with Gasteiger partial charge in [-0.2, -0.15) is 0 Å². The summed E-state index contributed by atoms with van der Waals surface area (Å²) in [5, 5.41) is 0.